The first-order valence-electron chi connectivity index (χ1n) is 10.4. The number of nitrogens with zero attached hydrogens (tertiary/aromatic N) is 4. The van der Waals surface area contributed by atoms with Crippen molar-refractivity contribution in [1.82, 2.24) is 19.6 Å². The van der Waals surface area contributed by atoms with Gasteiger partial charge in [0, 0.05) is 24.3 Å². The Morgan fingerprint density at radius 2 is 1.77 bits per heavy atom. The van der Waals surface area contributed by atoms with Crippen molar-refractivity contribution in [3.63, 3.8) is 0 Å². The molecule has 158 valence electrons. The number of fused-ring (bicyclic) bond motifs is 1. The van der Waals surface area contributed by atoms with Crippen LogP contribution >= 0.6 is 0 Å². The third kappa shape index (κ3) is 4.55. The van der Waals surface area contributed by atoms with Crippen molar-refractivity contribution in [2.24, 2.45) is 0 Å². The number of aromatic nitrogens is 4. The van der Waals surface area contributed by atoms with E-state index >= 15 is 0 Å². The number of ether oxygens (including phenoxy) is 1. The van der Waals surface area contributed by atoms with Gasteiger partial charge in [-0.15, -0.1) is 0 Å². The van der Waals surface area contributed by atoms with Gasteiger partial charge in [0.25, 0.3) is 5.56 Å². The number of carbonyl (C=O) groups excluding carboxylic acids is 1. The topological polar surface area (TPSA) is 79.0 Å². The van der Waals surface area contributed by atoms with E-state index in [2.05, 4.69) is 17.1 Å². The van der Waals surface area contributed by atoms with E-state index in [-0.39, 0.29) is 17.9 Å². The molecule has 2 aromatic carbocycles. The fourth-order valence-corrected chi connectivity index (χ4v) is 3.43. The van der Waals surface area contributed by atoms with Crippen LogP contribution in [0.4, 0.5) is 0 Å². The van der Waals surface area contributed by atoms with Gasteiger partial charge in [0.2, 0.25) is 0 Å². The lowest BCUT2D eigenvalue weighted by Gasteiger charge is -2.11. The highest BCUT2D eigenvalue weighted by Gasteiger charge is 2.18. The minimum absolute atomic E-state index is 0.114. The second-order valence-corrected chi connectivity index (χ2v) is 7.32. The van der Waals surface area contributed by atoms with Gasteiger partial charge in [-0.3, -0.25) is 4.79 Å². The Morgan fingerprint density at radius 1 is 1.00 bits per heavy atom. The first-order chi connectivity index (χ1) is 15.2. The molecule has 0 N–H and O–H groups in total. The zero-order valence-electron chi connectivity index (χ0n) is 17.4. The maximum atomic E-state index is 12.9. The monoisotopic (exact) mass is 416 g/mol. The van der Waals surface area contributed by atoms with Crippen LogP contribution in [0, 0.1) is 0 Å². The van der Waals surface area contributed by atoms with Crippen LogP contribution in [0.25, 0.3) is 16.5 Å². The summed E-state index contributed by atoms with van der Waals surface area (Å²) in [6.07, 6.45) is 6.44. The lowest BCUT2D eigenvalue weighted by atomic mass is 10.1. The van der Waals surface area contributed by atoms with Crippen LogP contribution in [-0.2, 0) is 17.9 Å². The summed E-state index contributed by atoms with van der Waals surface area (Å²) in [6, 6.07) is 16.5. The predicted octanol–water partition coefficient (Wildman–Crippen LogP) is 4.13. The van der Waals surface area contributed by atoms with Crippen molar-refractivity contribution in [1.29, 1.82) is 0 Å². The highest BCUT2D eigenvalue weighted by Crippen LogP contribution is 2.16. The number of unbranched alkanes of at least 4 members (excludes halogenated alkanes) is 2. The van der Waals surface area contributed by atoms with Crippen LogP contribution in [0.1, 0.15) is 42.2 Å². The normalized spacial score (nSPS) is 11.0. The quantitative estimate of drug-likeness (QED) is 0.319. The molecule has 7 nitrogen and oxygen atoms in total. The van der Waals surface area contributed by atoms with E-state index in [1.807, 2.05) is 36.5 Å². The van der Waals surface area contributed by atoms with Gasteiger partial charge in [0.1, 0.15) is 6.61 Å². The van der Waals surface area contributed by atoms with Crippen LogP contribution in [0.5, 0.6) is 0 Å². The Kier molecular flexibility index (Phi) is 6.21. The van der Waals surface area contributed by atoms with E-state index in [0.29, 0.717) is 17.3 Å². The van der Waals surface area contributed by atoms with Crippen molar-refractivity contribution < 1.29 is 9.53 Å². The van der Waals surface area contributed by atoms with E-state index in [0.717, 1.165) is 30.5 Å². The highest BCUT2D eigenvalue weighted by molar-refractivity contribution is 6.02. The Hall–Kier alpha value is -3.74. The molecule has 0 atom stereocenters. The summed E-state index contributed by atoms with van der Waals surface area (Å²) in [7, 11) is 0. The molecular formula is C24H24N4O3. The molecule has 0 bridgehead atoms. The van der Waals surface area contributed by atoms with Gasteiger partial charge in [-0.2, -0.15) is 10.2 Å². The average Bonchev–Trinajstić information content (AvgIpc) is 3.34. The zero-order valence-corrected chi connectivity index (χ0v) is 17.4. The zero-order chi connectivity index (χ0) is 21.6. The maximum Gasteiger partial charge on any atom is 0.359 e. The molecule has 0 aliphatic heterocycles. The molecule has 0 amide bonds. The van der Waals surface area contributed by atoms with Crippen molar-refractivity contribution in [2.45, 2.75) is 39.3 Å². The third-order valence-electron chi connectivity index (χ3n) is 5.11. The molecule has 7 heteroatoms. The summed E-state index contributed by atoms with van der Waals surface area (Å²) in [5.74, 6) is -0.545. The number of aryl methyl sites for hydroxylation is 1. The Morgan fingerprint density at radius 3 is 2.48 bits per heavy atom. The largest absolute Gasteiger partial charge is 0.456 e. The van der Waals surface area contributed by atoms with Crippen molar-refractivity contribution in [2.75, 3.05) is 0 Å². The summed E-state index contributed by atoms with van der Waals surface area (Å²) in [4.78, 5) is 25.6. The van der Waals surface area contributed by atoms with Gasteiger partial charge in [0.05, 0.1) is 11.1 Å². The third-order valence-corrected chi connectivity index (χ3v) is 5.11. The molecule has 0 spiro atoms. The summed E-state index contributed by atoms with van der Waals surface area (Å²) >= 11 is 0. The molecule has 0 aliphatic carbocycles. The SMILES string of the molecule is CCCCCn1nc(C(=O)OCc2ccc(-n3cccn3)cc2)c2ccccc2c1=O. The van der Waals surface area contributed by atoms with E-state index in [4.69, 9.17) is 4.74 Å². The highest BCUT2D eigenvalue weighted by atomic mass is 16.5. The van der Waals surface area contributed by atoms with Crippen LogP contribution < -0.4 is 5.56 Å². The van der Waals surface area contributed by atoms with E-state index in [1.54, 1.807) is 35.1 Å². The molecule has 31 heavy (non-hydrogen) atoms. The summed E-state index contributed by atoms with van der Waals surface area (Å²) in [5, 5.41) is 9.54. The number of carbonyl (C=O) groups is 1. The number of benzene rings is 2. The molecule has 2 heterocycles. The van der Waals surface area contributed by atoms with Gasteiger partial charge in [-0.25, -0.2) is 14.2 Å². The number of rotatable bonds is 8. The van der Waals surface area contributed by atoms with Crippen LogP contribution in [0.15, 0.2) is 71.8 Å². The fourth-order valence-electron chi connectivity index (χ4n) is 3.43. The first kappa shape index (κ1) is 20.5. The molecule has 2 aromatic heterocycles. The molecule has 4 aromatic rings. The minimum atomic E-state index is -0.545. The number of hydrogen-bond acceptors (Lipinski definition) is 5. The van der Waals surface area contributed by atoms with E-state index < -0.39 is 5.97 Å². The van der Waals surface area contributed by atoms with E-state index in [1.165, 1.54) is 4.68 Å². The Labute approximate surface area is 179 Å². The van der Waals surface area contributed by atoms with Gasteiger partial charge in [-0.1, -0.05) is 50.1 Å². The molecular weight excluding hydrogens is 392 g/mol. The van der Waals surface area contributed by atoms with Crippen molar-refractivity contribution in [3.8, 4) is 5.69 Å². The second-order valence-electron chi connectivity index (χ2n) is 7.32. The molecule has 0 radical (unpaired) electrons. The Bertz CT molecular complexity index is 1230. The summed E-state index contributed by atoms with van der Waals surface area (Å²) in [5.41, 5.74) is 1.76. The summed E-state index contributed by atoms with van der Waals surface area (Å²) < 4.78 is 8.67. The second kappa shape index (κ2) is 9.38. The summed E-state index contributed by atoms with van der Waals surface area (Å²) in [6.45, 7) is 2.69. The molecule has 0 fully saturated rings. The Balaban J connectivity index is 1.54. The molecule has 4 rings (SSSR count). The van der Waals surface area contributed by atoms with Crippen molar-refractivity contribution in [3.05, 3.63) is 88.6 Å². The van der Waals surface area contributed by atoms with Crippen LogP contribution in [0.3, 0.4) is 0 Å². The van der Waals surface area contributed by atoms with E-state index in [9.17, 15) is 9.59 Å². The van der Waals surface area contributed by atoms with Gasteiger partial charge in [-0.05, 0) is 36.2 Å². The molecule has 0 saturated carbocycles. The standard InChI is InChI=1S/C24H24N4O3/c1-2-3-6-15-28-23(29)21-9-5-4-8-20(21)22(26-28)24(30)31-17-18-10-12-19(13-11-18)27-16-7-14-25-27/h4-5,7-14,16H,2-3,6,15,17H2,1H3. The first-order valence-corrected chi connectivity index (χ1v) is 10.4. The van der Waals surface area contributed by atoms with Crippen molar-refractivity contribution >= 4 is 16.7 Å². The van der Waals surface area contributed by atoms with Crippen LogP contribution in [-0.4, -0.2) is 25.5 Å². The molecule has 0 aliphatic rings. The number of hydrogen-bond donors (Lipinski definition) is 0. The fraction of sp³-hybridized carbons (Fsp3) is 0.250. The van der Waals surface area contributed by atoms with Crippen LogP contribution in [0.2, 0.25) is 0 Å². The van der Waals surface area contributed by atoms with Gasteiger partial charge >= 0.3 is 5.97 Å². The molecule has 0 saturated heterocycles. The maximum absolute atomic E-state index is 12.9. The smallest absolute Gasteiger partial charge is 0.359 e. The minimum Gasteiger partial charge on any atom is -0.456 e. The average molecular weight is 416 g/mol. The number of esters is 1. The molecule has 0 unspecified atom stereocenters. The lowest BCUT2D eigenvalue weighted by molar-refractivity contribution is 0.0465. The van der Waals surface area contributed by atoms with Gasteiger partial charge < -0.3 is 4.74 Å². The predicted molar refractivity (Wildman–Crippen MR) is 118 cm³/mol. The lowest BCUT2D eigenvalue weighted by Crippen LogP contribution is -2.26. The van der Waals surface area contributed by atoms with Gasteiger partial charge in [0.15, 0.2) is 5.69 Å².